The van der Waals surface area contributed by atoms with Gasteiger partial charge >= 0.3 is 0 Å². The molecule has 0 atom stereocenters. The molecular weight excluding hydrogens is 392 g/mol. The molecule has 0 amide bonds. The maximum absolute atomic E-state index is 6.02. The molecule has 2 heterocycles. The van der Waals surface area contributed by atoms with Crippen LogP contribution in [0.5, 0.6) is 0 Å². The van der Waals surface area contributed by atoms with Gasteiger partial charge in [0.05, 0.1) is 13.2 Å². The number of nitrogens with zero attached hydrogens (tertiary/aromatic N) is 3. The van der Waals surface area contributed by atoms with Gasteiger partial charge in [-0.25, -0.2) is 0 Å². The Kier molecular flexibility index (Phi) is 8.48. The van der Waals surface area contributed by atoms with Crippen LogP contribution in [0, 0.1) is 0 Å². The second kappa shape index (κ2) is 11.3. The van der Waals surface area contributed by atoms with E-state index in [0.717, 1.165) is 68.1 Å². The molecule has 1 fully saturated rings. The first-order valence-electron chi connectivity index (χ1n) is 9.67. The Bertz CT molecular complexity index is 723. The van der Waals surface area contributed by atoms with Crippen molar-refractivity contribution in [2.45, 2.75) is 19.5 Å². The van der Waals surface area contributed by atoms with Crippen molar-refractivity contribution in [1.82, 2.24) is 20.1 Å². The molecule has 1 aromatic heterocycles. The van der Waals surface area contributed by atoms with E-state index in [-0.39, 0.29) is 0 Å². The lowest BCUT2D eigenvalue weighted by atomic mass is 10.2. The first kappa shape index (κ1) is 21.0. The highest BCUT2D eigenvalue weighted by Crippen LogP contribution is 2.14. The van der Waals surface area contributed by atoms with Crippen molar-refractivity contribution in [3.8, 4) is 0 Å². The minimum Gasteiger partial charge on any atom is -0.379 e. The molecule has 3 rings (SSSR count). The normalized spacial score (nSPS) is 14.6. The van der Waals surface area contributed by atoms with Gasteiger partial charge in [0.15, 0.2) is 5.11 Å². The Morgan fingerprint density at radius 3 is 2.61 bits per heavy atom. The van der Waals surface area contributed by atoms with Crippen LogP contribution in [0.4, 0.5) is 0 Å². The van der Waals surface area contributed by atoms with E-state index < -0.39 is 0 Å². The van der Waals surface area contributed by atoms with Crippen molar-refractivity contribution in [1.29, 1.82) is 0 Å². The maximum Gasteiger partial charge on any atom is 0.169 e. The molecule has 0 aliphatic carbocycles. The molecule has 1 aromatic carbocycles. The summed E-state index contributed by atoms with van der Waals surface area (Å²) in [5.41, 5.74) is 2.31. The van der Waals surface area contributed by atoms with E-state index in [2.05, 4.69) is 26.2 Å². The van der Waals surface area contributed by atoms with E-state index >= 15 is 0 Å². The van der Waals surface area contributed by atoms with Crippen LogP contribution < -0.4 is 5.32 Å². The van der Waals surface area contributed by atoms with Crippen LogP contribution in [0.1, 0.15) is 17.5 Å². The van der Waals surface area contributed by atoms with Crippen LogP contribution in [0.15, 0.2) is 48.8 Å². The number of nitrogens with one attached hydrogen (secondary N) is 1. The summed E-state index contributed by atoms with van der Waals surface area (Å²) in [4.78, 5) is 8.83. The number of pyridine rings is 1. The van der Waals surface area contributed by atoms with Crippen molar-refractivity contribution in [3.05, 3.63) is 64.9 Å². The third-order valence-electron chi connectivity index (χ3n) is 4.70. The lowest BCUT2D eigenvalue weighted by Gasteiger charge is -2.28. The second-order valence-electron chi connectivity index (χ2n) is 6.88. The average Bonchev–Trinajstić information content (AvgIpc) is 2.73. The van der Waals surface area contributed by atoms with E-state index in [9.17, 15) is 0 Å². The van der Waals surface area contributed by atoms with Crippen molar-refractivity contribution in [3.63, 3.8) is 0 Å². The van der Waals surface area contributed by atoms with Crippen LogP contribution in [-0.4, -0.2) is 59.3 Å². The predicted molar refractivity (Wildman–Crippen MR) is 117 cm³/mol. The van der Waals surface area contributed by atoms with E-state index in [4.69, 9.17) is 28.6 Å². The largest absolute Gasteiger partial charge is 0.379 e. The second-order valence-corrected chi connectivity index (χ2v) is 7.71. The Morgan fingerprint density at radius 2 is 1.89 bits per heavy atom. The number of benzene rings is 1. The summed E-state index contributed by atoms with van der Waals surface area (Å²) >= 11 is 11.7. The molecule has 0 saturated carbocycles. The molecule has 1 N–H and O–H groups in total. The van der Waals surface area contributed by atoms with Crippen LogP contribution in [0.2, 0.25) is 5.02 Å². The molecule has 0 bridgehead atoms. The number of thiocarbonyl (C=S) groups is 1. The van der Waals surface area contributed by atoms with Gasteiger partial charge in [0.1, 0.15) is 0 Å². The van der Waals surface area contributed by atoms with E-state index in [1.807, 2.05) is 36.5 Å². The van der Waals surface area contributed by atoms with Gasteiger partial charge < -0.3 is 15.0 Å². The molecule has 1 aliphatic heterocycles. The minimum absolute atomic E-state index is 0.714. The standard InChI is InChI=1S/C21H27ClN4OS/c22-20-6-4-18(5-7-20)16-26(17-19-3-1-8-23-15-19)21(28)24-9-2-10-25-11-13-27-14-12-25/h1,3-8,15H,2,9-14,16-17H2,(H,24,28). The minimum atomic E-state index is 0.714. The van der Waals surface area contributed by atoms with Gasteiger partial charge in [0.2, 0.25) is 0 Å². The van der Waals surface area contributed by atoms with Crippen molar-refractivity contribution < 1.29 is 4.74 Å². The van der Waals surface area contributed by atoms with Gasteiger partial charge in [0.25, 0.3) is 0 Å². The van der Waals surface area contributed by atoms with Crippen molar-refractivity contribution in [2.24, 2.45) is 0 Å². The molecule has 7 heteroatoms. The van der Waals surface area contributed by atoms with Crippen LogP contribution in [-0.2, 0) is 17.8 Å². The van der Waals surface area contributed by atoms with Gasteiger partial charge in [-0.05, 0) is 54.5 Å². The third-order valence-corrected chi connectivity index (χ3v) is 5.36. The summed E-state index contributed by atoms with van der Waals surface area (Å²) in [6.45, 7) is 7.09. The fourth-order valence-corrected chi connectivity index (χ4v) is 3.51. The molecule has 150 valence electrons. The number of morpholine rings is 1. The predicted octanol–water partition coefficient (Wildman–Crippen LogP) is 3.33. The first-order valence-corrected chi connectivity index (χ1v) is 10.5. The number of rotatable bonds is 8. The smallest absolute Gasteiger partial charge is 0.169 e. The van der Waals surface area contributed by atoms with E-state index in [0.29, 0.717) is 6.54 Å². The van der Waals surface area contributed by atoms with E-state index in [1.165, 1.54) is 5.56 Å². The lowest BCUT2D eigenvalue weighted by Crippen LogP contribution is -2.41. The topological polar surface area (TPSA) is 40.6 Å². The third kappa shape index (κ3) is 7.02. The zero-order valence-electron chi connectivity index (χ0n) is 16.0. The molecule has 5 nitrogen and oxygen atoms in total. The Balaban J connectivity index is 1.53. The van der Waals surface area contributed by atoms with Crippen LogP contribution in [0.3, 0.4) is 0 Å². The molecular formula is C21H27ClN4OS. The zero-order chi connectivity index (χ0) is 19.6. The molecule has 0 radical (unpaired) electrons. The highest BCUT2D eigenvalue weighted by atomic mass is 35.5. The number of ether oxygens (including phenoxy) is 1. The summed E-state index contributed by atoms with van der Waals surface area (Å²) in [6.07, 6.45) is 4.73. The molecule has 28 heavy (non-hydrogen) atoms. The SMILES string of the molecule is S=C(NCCCN1CCOCC1)N(Cc1ccc(Cl)cc1)Cc1cccnc1. The Morgan fingerprint density at radius 1 is 1.14 bits per heavy atom. The zero-order valence-corrected chi connectivity index (χ0v) is 17.6. The summed E-state index contributed by atoms with van der Waals surface area (Å²) in [7, 11) is 0. The quantitative estimate of drug-likeness (QED) is 0.523. The molecule has 1 aliphatic rings. The van der Waals surface area contributed by atoms with Gasteiger partial charge in [0, 0.05) is 50.1 Å². The van der Waals surface area contributed by atoms with Gasteiger partial charge in [-0.1, -0.05) is 29.8 Å². The fraction of sp³-hybridized carbons (Fsp3) is 0.429. The average molecular weight is 419 g/mol. The summed E-state index contributed by atoms with van der Waals surface area (Å²) in [5.74, 6) is 0. The van der Waals surface area contributed by atoms with E-state index in [1.54, 1.807) is 6.20 Å². The summed E-state index contributed by atoms with van der Waals surface area (Å²) in [5, 5.41) is 4.93. The highest BCUT2D eigenvalue weighted by Gasteiger charge is 2.13. The fourth-order valence-electron chi connectivity index (χ4n) is 3.16. The Hall–Kier alpha value is -1.73. The molecule has 2 aromatic rings. The lowest BCUT2D eigenvalue weighted by molar-refractivity contribution is 0.0376. The van der Waals surface area contributed by atoms with Crippen LogP contribution >= 0.6 is 23.8 Å². The van der Waals surface area contributed by atoms with Gasteiger partial charge in [-0.15, -0.1) is 0 Å². The monoisotopic (exact) mass is 418 g/mol. The van der Waals surface area contributed by atoms with Gasteiger partial charge in [-0.2, -0.15) is 0 Å². The maximum atomic E-state index is 6.02. The summed E-state index contributed by atoms with van der Waals surface area (Å²) in [6, 6.07) is 11.9. The number of halogens is 1. The summed E-state index contributed by atoms with van der Waals surface area (Å²) < 4.78 is 5.40. The first-order chi connectivity index (χ1) is 13.7. The molecule has 0 spiro atoms. The number of hydrogen-bond acceptors (Lipinski definition) is 4. The Labute approximate surface area is 177 Å². The molecule has 1 saturated heterocycles. The number of hydrogen-bond donors (Lipinski definition) is 1. The van der Waals surface area contributed by atoms with Gasteiger partial charge in [-0.3, -0.25) is 9.88 Å². The molecule has 0 unspecified atom stereocenters. The highest BCUT2D eigenvalue weighted by molar-refractivity contribution is 7.80. The number of aromatic nitrogens is 1. The van der Waals surface area contributed by atoms with Crippen LogP contribution in [0.25, 0.3) is 0 Å². The van der Waals surface area contributed by atoms with Crippen molar-refractivity contribution >= 4 is 28.9 Å². The van der Waals surface area contributed by atoms with Crippen molar-refractivity contribution in [2.75, 3.05) is 39.4 Å².